The zero-order valence-corrected chi connectivity index (χ0v) is 21.4. The minimum atomic E-state index is -0.978. The van der Waals surface area contributed by atoms with Crippen molar-refractivity contribution in [3.8, 4) is 0 Å². The Hall–Kier alpha value is -3.38. The first-order valence-electron chi connectivity index (χ1n) is 11.4. The number of alkyl carbamates (subject to hydrolysis) is 2. The Morgan fingerprint density at radius 3 is 1.77 bits per heavy atom. The summed E-state index contributed by atoms with van der Waals surface area (Å²) in [4.78, 5) is 62.0. The molecule has 0 bridgehead atoms. The second-order valence-corrected chi connectivity index (χ2v) is 9.57. The Morgan fingerprint density at radius 2 is 1.29 bits per heavy atom. The van der Waals surface area contributed by atoms with Crippen LogP contribution in [0.15, 0.2) is 4.99 Å². The summed E-state index contributed by atoms with van der Waals surface area (Å²) in [6, 6.07) is 0. The molecule has 0 saturated carbocycles. The number of carbonyl (C=O) groups is 5. The summed E-state index contributed by atoms with van der Waals surface area (Å²) in [7, 11) is 0. The van der Waals surface area contributed by atoms with E-state index in [4.69, 9.17) is 14.6 Å². The third-order valence-electron chi connectivity index (χ3n) is 3.66. The highest BCUT2D eigenvalue weighted by Crippen LogP contribution is 2.07. The number of rotatable bonds is 11. The second-order valence-electron chi connectivity index (χ2n) is 9.57. The number of carbonyl (C=O) groups excluding carboxylic acids is 4. The monoisotopic (exact) mass is 501 g/mol. The molecule has 0 aliphatic rings. The molecular formula is C22H39N5O8. The van der Waals surface area contributed by atoms with E-state index in [1.165, 1.54) is 0 Å². The van der Waals surface area contributed by atoms with Crippen LogP contribution in [0.5, 0.6) is 0 Å². The van der Waals surface area contributed by atoms with E-state index in [0.717, 1.165) is 0 Å². The van der Waals surface area contributed by atoms with Crippen LogP contribution >= 0.6 is 0 Å². The molecule has 35 heavy (non-hydrogen) atoms. The van der Waals surface area contributed by atoms with Crippen LogP contribution in [-0.4, -0.2) is 71.9 Å². The van der Waals surface area contributed by atoms with E-state index in [9.17, 15) is 24.0 Å². The maximum absolute atomic E-state index is 12.0. The summed E-state index contributed by atoms with van der Waals surface area (Å²) in [5, 5.41) is 18.4. The standard InChI is InChI=1S/C22H39N5O8/c1-21(2,3)34-19(32)26-18(27-20(33)35-22(4,5)6)24-13-8-7-12-23-16(29)14-25-15(28)10-9-11-17(30)31/h7-14H2,1-6H3,(H,23,29)(H,25,28)(H,30,31)(H2,24,26,27,32,33). The van der Waals surface area contributed by atoms with Crippen molar-refractivity contribution in [1.29, 1.82) is 0 Å². The van der Waals surface area contributed by atoms with E-state index in [0.29, 0.717) is 19.4 Å². The molecule has 0 aromatic heterocycles. The van der Waals surface area contributed by atoms with Crippen LogP contribution in [0, 0.1) is 0 Å². The maximum Gasteiger partial charge on any atom is 0.414 e. The van der Waals surface area contributed by atoms with E-state index in [-0.39, 0.29) is 44.2 Å². The Bertz CT molecular complexity index is 737. The number of hydrogen-bond donors (Lipinski definition) is 5. The molecule has 4 amide bonds. The van der Waals surface area contributed by atoms with Crippen molar-refractivity contribution in [2.75, 3.05) is 19.6 Å². The summed E-state index contributed by atoms with van der Waals surface area (Å²) in [5.74, 6) is -1.87. The number of unbranched alkanes of at least 4 members (excludes halogenated alkanes) is 1. The smallest absolute Gasteiger partial charge is 0.414 e. The van der Waals surface area contributed by atoms with Crippen molar-refractivity contribution < 1.29 is 38.6 Å². The Morgan fingerprint density at radius 1 is 0.743 bits per heavy atom. The van der Waals surface area contributed by atoms with Gasteiger partial charge in [-0.25, -0.2) is 9.59 Å². The molecule has 0 radical (unpaired) electrons. The summed E-state index contributed by atoms with van der Waals surface area (Å²) >= 11 is 0. The first-order chi connectivity index (χ1) is 16.1. The predicted octanol–water partition coefficient (Wildman–Crippen LogP) is 1.66. The van der Waals surface area contributed by atoms with Crippen LogP contribution in [0.3, 0.4) is 0 Å². The number of ether oxygens (including phenoxy) is 2. The molecule has 0 spiro atoms. The SMILES string of the molecule is CC(C)(C)OC(=O)NC(=NCCCCNC(=O)CNC(=O)CCCC(=O)O)NC(=O)OC(C)(C)C. The van der Waals surface area contributed by atoms with Gasteiger partial charge >= 0.3 is 18.2 Å². The van der Waals surface area contributed by atoms with Gasteiger partial charge in [-0.2, -0.15) is 0 Å². The van der Waals surface area contributed by atoms with Gasteiger partial charge in [0.15, 0.2) is 0 Å². The molecule has 0 heterocycles. The molecule has 0 aliphatic heterocycles. The van der Waals surface area contributed by atoms with Gasteiger partial charge in [-0.05, 0) is 60.8 Å². The average Bonchev–Trinajstić information content (AvgIpc) is 2.65. The fourth-order valence-electron chi connectivity index (χ4n) is 2.30. The lowest BCUT2D eigenvalue weighted by Gasteiger charge is -2.22. The first kappa shape index (κ1) is 31.6. The van der Waals surface area contributed by atoms with Crippen molar-refractivity contribution in [3.05, 3.63) is 0 Å². The lowest BCUT2D eigenvalue weighted by molar-refractivity contribution is -0.137. The summed E-state index contributed by atoms with van der Waals surface area (Å²) in [6.07, 6.45) is -0.365. The van der Waals surface area contributed by atoms with E-state index in [2.05, 4.69) is 26.3 Å². The zero-order chi connectivity index (χ0) is 27.1. The topological polar surface area (TPSA) is 185 Å². The number of carboxylic acid groups (broad SMARTS) is 1. The molecule has 5 N–H and O–H groups in total. The minimum Gasteiger partial charge on any atom is -0.481 e. The zero-order valence-electron chi connectivity index (χ0n) is 21.4. The van der Waals surface area contributed by atoms with Crippen LogP contribution in [0.4, 0.5) is 9.59 Å². The van der Waals surface area contributed by atoms with Crippen molar-refractivity contribution >= 4 is 35.9 Å². The summed E-state index contributed by atoms with van der Waals surface area (Å²) < 4.78 is 10.3. The van der Waals surface area contributed by atoms with Crippen molar-refractivity contribution in [2.45, 2.75) is 84.8 Å². The third-order valence-corrected chi connectivity index (χ3v) is 3.66. The normalized spacial score (nSPS) is 11.0. The molecule has 13 heteroatoms. The number of carboxylic acids is 1. The average molecular weight is 502 g/mol. The lowest BCUT2D eigenvalue weighted by atomic mass is 10.2. The molecule has 200 valence electrons. The predicted molar refractivity (Wildman–Crippen MR) is 128 cm³/mol. The van der Waals surface area contributed by atoms with Crippen LogP contribution in [0.2, 0.25) is 0 Å². The summed E-state index contributed by atoms with van der Waals surface area (Å²) in [6.45, 7) is 10.6. The van der Waals surface area contributed by atoms with E-state index >= 15 is 0 Å². The van der Waals surface area contributed by atoms with Crippen molar-refractivity contribution in [1.82, 2.24) is 21.3 Å². The van der Waals surface area contributed by atoms with Gasteiger partial charge in [-0.3, -0.25) is 30.0 Å². The van der Waals surface area contributed by atoms with Crippen LogP contribution in [0.25, 0.3) is 0 Å². The Labute approximate surface area is 205 Å². The maximum atomic E-state index is 12.0. The number of aliphatic carboxylic acids is 1. The van der Waals surface area contributed by atoms with Gasteiger partial charge in [0.25, 0.3) is 0 Å². The highest BCUT2D eigenvalue weighted by Gasteiger charge is 2.21. The number of amides is 4. The minimum absolute atomic E-state index is 0.0363. The van der Waals surface area contributed by atoms with Gasteiger partial charge in [-0.15, -0.1) is 0 Å². The molecule has 0 atom stereocenters. The van der Waals surface area contributed by atoms with Crippen LogP contribution in [0.1, 0.15) is 73.6 Å². The fraction of sp³-hybridized carbons (Fsp3) is 0.727. The number of aliphatic imine (C=N–C) groups is 1. The van der Waals surface area contributed by atoms with Gasteiger partial charge in [0.05, 0.1) is 6.54 Å². The lowest BCUT2D eigenvalue weighted by Crippen LogP contribution is -2.47. The van der Waals surface area contributed by atoms with E-state index in [1.54, 1.807) is 41.5 Å². The molecular weight excluding hydrogens is 462 g/mol. The number of hydrogen-bond acceptors (Lipinski definition) is 8. The first-order valence-corrected chi connectivity index (χ1v) is 11.4. The molecule has 0 aliphatic carbocycles. The quantitative estimate of drug-likeness (QED) is 0.161. The largest absolute Gasteiger partial charge is 0.481 e. The summed E-state index contributed by atoms with van der Waals surface area (Å²) in [5.41, 5.74) is -1.48. The molecule has 0 fully saturated rings. The van der Waals surface area contributed by atoms with Gasteiger partial charge < -0.3 is 25.2 Å². The van der Waals surface area contributed by atoms with Crippen LogP contribution < -0.4 is 21.3 Å². The Balaban J connectivity index is 4.46. The van der Waals surface area contributed by atoms with Gasteiger partial charge in [-0.1, -0.05) is 0 Å². The van der Waals surface area contributed by atoms with Gasteiger partial charge in [0.1, 0.15) is 11.2 Å². The van der Waals surface area contributed by atoms with Crippen LogP contribution in [-0.2, 0) is 23.9 Å². The van der Waals surface area contributed by atoms with Gasteiger partial charge in [0, 0.05) is 25.9 Å². The molecule has 0 aromatic carbocycles. The molecule has 0 saturated heterocycles. The molecule has 0 unspecified atom stereocenters. The van der Waals surface area contributed by atoms with E-state index in [1.807, 2.05) is 0 Å². The second kappa shape index (κ2) is 15.5. The molecule has 0 aromatic rings. The van der Waals surface area contributed by atoms with Crippen molar-refractivity contribution in [2.24, 2.45) is 4.99 Å². The molecule has 13 nitrogen and oxygen atoms in total. The van der Waals surface area contributed by atoms with Gasteiger partial charge in [0.2, 0.25) is 17.8 Å². The highest BCUT2D eigenvalue weighted by atomic mass is 16.6. The van der Waals surface area contributed by atoms with Crippen molar-refractivity contribution in [3.63, 3.8) is 0 Å². The molecule has 0 rings (SSSR count). The third kappa shape index (κ3) is 20.9. The number of nitrogens with zero attached hydrogens (tertiary/aromatic N) is 1. The van der Waals surface area contributed by atoms with E-state index < -0.39 is 35.3 Å². The highest BCUT2D eigenvalue weighted by molar-refractivity contribution is 6.01. The fourth-order valence-corrected chi connectivity index (χ4v) is 2.30. The Kier molecular flexibility index (Phi) is 14.0. The number of guanidine groups is 1. The number of nitrogens with one attached hydrogen (secondary N) is 4.